The second-order valence-corrected chi connectivity index (χ2v) is 6.55. The monoisotopic (exact) mass is 326 g/mol. The lowest BCUT2D eigenvalue weighted by Crippen LogP contribution is -2.52. The Morgan fingerprint density at radius 1 is 1.47 bits per heavy atom. The molecule has 0 spiro atoms. The van der Waals surface area contributed by atoms with Gasteiger partial charge in [0, 0.05) is 16.6 Å². The third kappa shape index (κ3) is 4.32. The average molecular weight is 327 g/mol. The van der Waals surface area contributed by atoms with Gasteiger partial charge in [-0.2, -0.15) is 0 Å². The van der Waals surface area contributed by atoms with Crippen LogP contribution < -0.4 is 11.1 Å². The van der Waals surface area contributed by atoms with Gasteiger partial charge in [-0.15, -0.1) is 0 Å². The molecule has 1 rings (SSSR count). The Morgan fingerprint density at radius 2 is 2.11 bits per heavy atom. The predicted octanol–water partition coefficient (Wildman–Crippen LogP) is 3.25. The summed E-state index contributed by atoms with van der Waals surface area (Å²) in [5.41, 5.74) is 7.16. The minimum Gasteiger partial charge on any atom is -0.346 e. The summed E-state index contributed by atoms with van der Waals surface area (Å²) in [6.45, 7) is 8.65. The lowest BCUT2D eigenvalue weighted by atomic mass is 9.90. The Hall–Kier alpha value is -0.870. The van der Waals surface area contributed by atoms with Gasteiger partial charge in [0.05, 0.1) is 5.56 Å². The van der Waals surface area contributed by atoms with Crippen molar-refractivity contribution in [3.05, 3.63) is 33.8 Å². The summed E-state index contributed by atoms with van der Waals surface area (Å²) in [6.07, 6.45) is 0.860. The molecular formula is C15H23BrN2O. The van der Waals surface area contributed by atoms with Gasteiger partial charge in [0.2, 0.25) is 0 Å². The van der Waals surface area contributed by atoms with Crippen LogP contribution in [0, 0.1) is 12.8 Å². The molecule has 0 heterocycles. The van der Waals surface area contributed by atoms with E-state index in [0.29, 0.717) is 18.0 Å². The first-order valence-electron chi connectivity index (χ1n) is 6.57. The van der Waals surface area contributed by atoms with Crippen molar-refractivity contribution in [2.24, 2.45) is 11.7 Å². The van der Waals surface area contributed by atoms with Gasteiger partial charge in [0.1, 0.15) is 0 Å². The molecule has 0 fully saturated rings. The summed E-state index contributed by atoms with van der Waals surface area (Å²) in [6, 6.07) is 5.67. The van der Waals surface area contributed by atoms with E-state index in [0.717, 1.165) is 16.5 Å². The maximum Gasteiger partial charge on any atom is 0.252 e. The van der Waals surface area contributed by atoms with Crippen molar-refractivity contribution in [3.8, 4) is 0 Å². The first-order valence-corrected chi connectivity index (χ1v) is 7.36. The van der Waals surface area contributed by atoms with E-state index in [9.17, 15) is 4.79 Å². The number of nitrogens with one attached hydrogen (secondary N) is 1. The topological polar surface area (TPSA) is 55.1 Å². The SMILES string of the molecule is Cc1cccc(C(=O)NC(C)(CN)CC(C)C)c1Br. The maximum absolute atomic E-state index is 12.4. The van der Waals surface area contributed by atoms with Crippen LogP contribution in [0.25, 0.3) is 0 Å². The summed E-state index contributed by atoms with van der Waals surface area (Å²) < 4.78 is 0.844. The molecule has 1 unspecified atom stereocenters. The van der Waals surface area contributed by atoms with Crippen molar-refractivity contribution in [1.82, 2.24) is 5.32 Å². The van der Waals surface area contributed by atoms with Gasteiger partial charge in [-0.25, -0.2) is 0 Å². The number of carbonyl (C=O) groups excluding carboxylic acids is 1. The Kier molecular flexibility index (Phi) is 5.56. The number of rotatable bonds is 5. The summed E-state index contributed by atoms with van der Waals surface area (Å²) in [5.74, 6) is 0.402. The van der Waals surface area contributed by atoms with Crippen LogP contribution in [0.5, 0.6) is 0 Å². The van der Waals surface area contributed by atoms with Crippen LogP contribution in [-0.2, 0) is 0 Å². The quantitative estimate of drug-likeness (QED) is 0.872. The van der Waals surface area contributed by atoms with E-state index >= 15 is 0 Å². The molecule has 0 saturated carbocycles. The summed E-state index contributed by atoms with van der Waals surface area (Å²) >= 11 is 3.47. The van der Waals surface area contributed by atoms with Gasteiger partial charge in [-0.1, -0.05) is 26.0 Å². The zero-order chi connectivity index (χ0) is 14.6. The van der Waals surface area contributed by atoms with Crippen LogP contribution in [0.15, 0.2) is 22.7 Å². The van der Waals surface area contributed by atoms with Gasteiger partial charge in [0.25, 0.3) is 5.91 Å². The highest BCUT2D eigenvalue weighted by molar-refractivity contribution is 9.10. The predicted molar refractivity (Wildman–Crippen MR) is 83.3 cm³/mol. The lowest BCUT2D eigenvalue weighted by Gasteiger charge is -2.31. The van der Waals surface area contributed by atoms with Crippen LogP contribution in [0.3, 0.4) is 0 Å². The Labute approximate surface area is 124 Å². The Morgan fingerprint density at radius 3 is 2.63 bits per heavy atom. The Balaban J connectivity index is 2.92. The number of aryl methyl sites for hydroxylation is 1. The van der Waals surface area contributed by atoms with E-state index in [1.54, 1.807) is 0 Å². The summed E-state index contributed by atoms with van der Waals surface area (Å²) in [7, 11) is 0. The van der Waals surface area contributed by atoms with E-state index in [4.69, 9.17) is 5.73 Å². The molecule has 3 N–H and O–H groups in total. The van der Waals surface area contributed by atoms with E-state index in [1.165, 1.54) is 0 Å². The average Bonchev–Trinajstić information content (AvgIpc) is 2.31. The first-order chi connectivity index (χ1) is 8.79. The number of carbonyl (C=O) groups is 1. The standard InChI is InChI=1S/C15H23BrN2O/c1-10(2)8-15(4,9-17)18-14(19)12-7-5-6-11(3)13(12)16/h5-7,10H,8-9,17H2,1-4H3,(H,18,19). The number of halogens is 1. The van der Waals surface area contributed by atoms with Crippen molar-refractivity contribution >= 4 is 21.8 Å². The fourth-order valence-electron chi connectivity index (χ4n) is 2.25. The fraction of sp³-hybridized carbons (Fsp3) is 0.533. The zero-order valence-corrected chi connectivity index (χ0v) is 13.7. The second-order valence-electron chi connectivity index (χ2n) is 5.75. The van der Waals surface area contributed by atoms with Crippen molar-refractivity contribution in [1.29, 1.82) is 0 Å². The molecule has 0 aliphatic carbocycles. The molecule has 0 aromatic heterocycles. The summed E-state index contributed by atoms with van der Waals surface area (Å²) in [5, 5.41) is 3.06. The highest BCUT2D eigenvalue weighted by Gasteiger charge is 2.27. The van der Waals surface area contributed by atoms with Gasteiger partial charge < -0.3 is 11.1 Å². The third-order valence-corrected chi connectivity index (χ3v) is 4.21. The van der Waals surface area contributed by atoms with E-state index in [-0.39, 0.29) is 11.4 Å². The molecule has 4 heteroatoms. The van der Waals surface area contributed by atoms with E-state index in [1.807, 2.05) is 32.0 Å². The molecule has 0 saturated heterocycles. The maximum atomic E-state index is 12.4. The smallest absolute Gasteiger partial charge is 0.252 e. The number of amides is 1. The van der Waals surface area contributed by atoms with Gasteiger partial charge in [-0.3, -0.25) is 4.79 Å². The van der Waals surface area contributed by atoms with Crippen LogP contribution in [0.2, 0.25) is 0 Å². The number of nitrogens with two attached hydrogens (primary N) is 1. The largest absolute Gasteiger partial charge is 0.346 e. The number of benzene rings is 1. The molecule has 1 amide bonds. The lowest BCUT2D eigenvalue weighted by molar-refractivity contribution is 0.0897. The molecule has 19 heavy (non-hydrogen) atoms. The second kappa shape index (κ2) is 6.53. The van der Waals surface area contributed by atoms with Gasteiger partial charge >= 0.3 is 0 Å². The van der Waals surface area contributed by atoms with Crippen molar-refractivity contribution in [2.75, 3.05) is 6.54 Å². The van der Waals surface area contributed by atoms with Crippen molar-refractivity contribution in [2.45, 2.75) is 39.7 Å². The number of hydrogen-bond donors (Lipinski definition) is 2. The van der Waals surface area contributed by atoms with Crippen LogP contribution >= 0.6 is 15.9 Å². The fourth-order valence-corrected chi connectivity index (χ4v) is 2.70. The van der Waals surface area contributed by atoms with Crippen molar-refractivity contribution < 1.29 is 4.79 Å². The molecule has 0 bridgehead atoms. The Bertz CT molecular complexity index is 459. The molecule has 0 aliphatic heterocycles. The molecule has 3 nitrogen and oxygen atoms in total. The molecule has 1 aromatic rings. The summed E-state index contributed by atoms with van der Waals surface area (Å²) in [4.78, 5) is 12.4. The van der Waals surface area contributed by atoms with Crippen LogP contribution in [0.4, 0.5) is 0 Å². The number of hydrogen-bond acceptors (Lipinski definition) is 2. The highest BCUT2D eigenvalue weighted by Crippen LogP contribution is 2.22. The highest BCUT2D eigenvalue weighted by atomic mass is 79.9. The third-order valence-electron chi connectivity index (χ3n) is 3.16. The minimum absolute atomic E-state index is 0.0795. The van der Waals surface area contributed by atoms with Crippen LogP contribution in [0.1, 0.15) is 43.1 Å². The van der Waals surface area contributed by atoms with Crippen LogP contribution in [-0.4, -0.2) is 18.0 Å². The molecule has 0 radical (unpaired) electrons. The normalized spacial score (nSPS) is 14.3. The molecular weight excluding hydrogens is 304 g/mol. The van der Waals surface area contributed by atoms with Crippen molar-refractivity contribution in [3.63, 3.8) is 0 Å². The molecule has 106 valence electrons. The molecule has 1 atom stereocenters. The van der Waals surface area contributed by atoms with E-state index in [2.05, 4.69) is 35.1 Å². The first kappa shape index (κ1) is 16.2. The molecule has 1 aromatic carbocycles. The molecule has 0 aliphatic rings. The van der Waals surface area contributed by atoms with Gasteiger partial charge in [-0.05, 0) is 53.7 Å². The zero-order valence-electron chi connectivity index (χ0n) is 12.1. The van der Waals surface area contributed by atoms with Gasteiger partial charge in [0.15, 0.2) is 0 Å². The minimum atomic E-state index is -0.367. The van der Waals surface area contributed by atoms with E-state index < -0.39 is 0 Å².